The van der Waals surface area contributed by atoms with E-state index in [-0.39, 0.29) is 11.7 Å². The van der Waals surface area contributed by atoms with Gasteiger partial charge in [-0.05, 0) is 25.8 Å². The fraction of sp³-hybridized carbons (Fsp3) is 0.583. The Bertz CT molecular complexity index is 419. The van der Waals surface area contributed by atoms with Crippen LogP contribution in [0.2, 0.25) is 0 Å². The highest BCUT2D eigenvalue weighted by atomic mass is 16.5. The Hall–Kier alpha value is -1.69. The topological polar surface area (TPSA) is 75.5 Å². The Kier molecular flexibility index (Phi) is 4.09. The zero-order chi connectivity index (χ0) is 13.0. The van der Waals surface area contributed by atoms with Crippen LogP contribution in [0.4, 0.5) is 5.82 Å². The molecule has 1 aromatic heterocycles. The molecule has 98 valence electrons. The first-order chi connectivity index (χ1) is 8.72. The third kappa shape index (κ3) is 2.76. The average Bonchev–Trinajstić information content (AvgIpc) is 2.88. The molecule has 18 heavy (non-hydrogen) atoms. The molecule has 6 heteroatoms. The second-order valence-corrected chi connectivity index (χ2v) is 4.25. The predicted molar refractivity (Wildman–Crippen MR) is 65.9 cm³/mol. The van der Waals surface area contributed by atoms with Gasteiger partial charge in [-0.25, -0.2) is 4.79 Å². The summed E-state index contributed by atoms with van der Waals surface area (Å²) >= 11 is 0. The molecule has 2 heterocycles. The fourth-order valence-corrected chi connectivity index (χ4v) is 2.12. The molecule has 6 nitrogen and oxygen atoms in total. The number of ether oxygens (including phenoxy) is 1. The quantitative estimate of drug-likeness (QED) is 0.847. The summed E-state index contributed by atoms with van der Waals surface area (Å²) in [6, 6.07) is 1.48. The van der Waals surface area contributed by atoms with Gasteiger partial charge in [-0.3, -0.25) is 0 Å². The van der Waals surface area contributed by atoms with Crippen molar-refractivity contribution in [1.82, 2.24) is 10.2 Å². The number of nitrogens with zero attached hydrogens (tertiary/aromatic N) is 3. The molecular weight excluding hydrogens is 234 g/mol. The number of carbonyl (C=O) groups is 1. The van der Waals surface area contributed by atoms with Crippen LogP contribution in [0.15, 0.2) is 12.3 Å². The van der Waals surface area contributed by atoms with Gasteiger partial charge in [-0.15, -0.1) is 5.10 Å². The Balaban J connectivity index is 2.18. The Morgan fingerprint density at radius 2 is 2.50 bits per heavy atom. The summed E-state index contributed by atoms with van der Waals surface area (Å²) in [5.74, 6) is -0.561. The molecule has 0 bridgehead atoms. The molecule has 0 radical (unpaired) electrons. The standard InChI is InChI=1S/C12H17N3O3/c1-2-15(8-9-4-3-7-18-9)11-10(12(16)17)5-6-13-14-11/h5-6,9H,2-4,7-8H2,1H3,(H,16,17). The van der Waals surface area contributed by atoms with Crippen LogP contribution >= 0.6 is 0 Å². The van der Waals surface area contributed by atoms with Crippen LogP contribution in [-0.2, 0) is 4.74 Å². The molecule has 1 unspecified atom stereocenters. The zero-order valence-electron chi connectivity index (χ0n) is 10.4. The largest absolute Gasteiger partial charge is 0.478 e. The molecule has 0 amide bonds. The van der Waals surface area contributed by atoms with Gasteiger partial charge in [-0.1, -0.05) is 0 Å². The summed E-state index contributed by atoms with van der Waals surface area (Å²) in [5.41, 5.74) is 0.185. The number of hydrogen-bond acceptors (Lipinski definition) is 5. The summed E-state index contributed by atoms with van der Waals surface area (Å²) in [6.45, 7) is 4.10. The SMILES string of the molecule is CCN(CC1CCCO1)c1nnccc1C(=O)O. The first-order valence-corrected chi connectivity index (χ1v) is 6.14. The van der Waals surface area contributed by atoms with E-state index in [1.807, 2.05) is 11.8 Å². The van der Waals surface area contributed by atoms with Gasteiger partial charge in [0.2, 0.25) is 0 Å². The Labute approximate surface area is 106 Å². The molecule has 0 aromatic carbocycles. The maximum Gasteiger partial charge on any atom is 0.339 e. The third-order valence-electron chi connectivity index (χ3n) is 3.06. The zero-order valence-corrected chi connectivity index (χ0v) is 10.4. The number of hydrogen-bond donors (Lipinski definition) is 1. The number of anilines is 1. The lowest BCUT2D eigenvalue weighted by molar-refractivity contribution is 0.0696. The maximum atomic E-state index is 11.2. The van der Waals surface area contributed by atoms with E-state index in [0.717, 1.165) is 19.4 Å². The van der Waals surface area contributed by atoms with E-state index >= 15 is 0 Å². The fourth-order valence-electron chi connectivity index (χ4n) is 2.12. The molecule has 1 saturated heterocycles. The summed E-state index contributed by atoms with van der Waals surface area (Å²) in [6.07, 6.45) is 3.63. The number of rotatable bonds is 5. The minimum Gasteiger partial charge on any atom is -0.478 e. The summed E-state index contributed by atoms with van der Waals surface area (Å²) in [4.78, 5) is 13.1. The molecule has 2 rings (SSSR count). The molecule has 0 aliphatic carbocycles. The van der Waals surface area contributed by atoms with Crippen molar-refractivity contribution in [2.75, 3.05) is 24.6 Å². The van der Waals surface area contributed by atoms with Gasteiger partial charge in [0.05, 0.1) is 12.3 Å². The highest BCUT2D eigenvalue weighted by molar-refractivity contribution is 5.93. The molecule has 0 saturated carbocycles. The van der Waals surface area contributed by atoms with Gasteiger partial charge >= 0.3 is 5.97 Å². The van der Waals surface area contributed by atoms with Crippen LogP contribution in [0, 0.1) is 0 Å². The van der Waals surface area contributed by atoms with Crippen LogP contribution in [0.25, 0.3) is 0 Å². The minimum absolute atomic E-state index is 0.161. The van der Waals surface area contributed by atoms with Crippen molar-refractivity contribution in [3.8, 4) is 0 Å². The predicted octanol–water partition coefficient (Wildman–Crippen LogP) is 1.18. The van der Waals surface area contributed by atoms with E-state index in [1.54, 1.807) is 0 Å². The van der Waals surface area contributed by atoms with Gasteiger partial charge in [0.15, 0.2) is 5.82 Å². The van der Waals surface area contributed by atoms with Crippen LogP contribution < -0.4 is 4.90 Å². The minimum atomic E-state index is -0.981. The van der Waals surface area contributed by atoms with E-state index in [1.165, 1.54) is 12.3 Å². The van der Waals surface area contributed by atoms with Gasteiger partial charge in [-0.2, -0.15) is 5.10 Å². The van der Waals surface area contributed by atoms with Crippen molar-refractivity contribution >= 4 is 11.8 Å². The van der Waals surface area contributed by atoms with Crippen molar-refractivity contribution in [3.63, 3.8) is 0 Å². The van der Waals surface area contributed by atoms with Crippen molar-refractivity contribution in [3.05, 3.63) is 17.8 Å². The van der Waals surface area contributed by atoms with Gasteiger partial charge in [0.1, 0.15) is 5.56 Å². The van der Waals surface area contributed by atoms with Crippen LogP contribution in [0.3, 0.4) is 0 Å². The second-order valence-electron chi connectivity index (χ2n) is 4.25. The molecule has 1 atom stereocenters. The number of likely N-dealkylation sites (N-methyl/N-ethyl adjacent to an activating group) is 1. The van der Waals surface area contributed by atoms with Crippen LogP contribution in [-0.4, -0.2) is 47.1 Å². The Morgan fingerprint density at radius 1 is 1.67 bits per heavy atom. The highest BCUT2D eigenvalue weighted by Crippen LogP contribution is 2.20. The highest BCUT2D eigenvalue weighted by Gasteiger charge is 2.22. The van der Waals surface area contributed by atoms with Crippen LogP contribution in [0.5, 0.6) is 0 Å². The van der Waals surface area contributed by atoms with E-state index in [9.17, 15) is 4.79 Å². The summed E-state index contributed by atoms with van der Waals surface area (Å²) in [7, 11) is 0. The number of aromatic carboxylic acids is 1. The number of carboxylic acids is 1. The van der Waals surface area contributed by atoms with Crippen molar-refractivity contribution in [2.45, 2.75) is 25.9 Å². The average molecular weight is 251 g/mol. The first-order valence-electron chi connectivity index (χ1n) is 6.14. The monoisotopic (exact) mass is 251 g/mol. The molecule has 1 aliphatic heterocycles. The summed E-state index contributed by atoms with van der Waals surface area (Å²) < 4.78 is 5.57. The smallest absolute Gasteiger partial charge is 0.339 e. The lowest BCUT2D eigenvalue weighted by Gasteiger charge is -2.25. The van der Waals surface area contributed by atoms with E-state index in [4.69, 9.17) is 9.84 Å². The van der Waals surface area contributed by atoms with E-state index < -0.39 is 5.97 Å². The molecule has 1 fully saturated rings. The van der Waals surface area contributed by atoms with Gasteiger partial charge < -0.3 is 14.7 Å². The van der Waals surface area contributed by atoms with Crippen molar-refractivity contribution in [2.24, 2.45) is 0 Å². The second kappa shape index (κ2) is 5.77. The lowest BCUT2D eigenvalue weighted by Crippen LogP contribution is -2.34. The number of carboxylic acid groups (broad SMARTS) is 1. The molecular formula is C12H17N3O3. The van der Waals surface area contributed by atoms with Crippen molar-refractivity contribution < 1.29 is 14.6 Å². The Morgan fingerprint density at radius 3 is 3.11 bits per heavy atom. The lowest BCUT2D eigenvalue weighted by atomic mass is 10.2. The van der Waals surface area contributed by atoms with Gasteiger partial charge in [0, 0.05) is 19.7 Å². The van der Waals surface area contributed by atoms with Crippen molar-refractivity contribution in [1.29, 1.82) is 0 Å². The molecule has 1 aliphatic rings. The van der Waals surface area contributed by atoms with E-state index in [0.29, 0.717) is 18.9 Å². The van der Waals surface area contributed by atoms with Gasteiger partial charge in [0.25, 0.3) is 0 Å². The third-order valence-corrected chi connectivity index (χ3v) is 3.06. The van der Waals surface area contributed by atoms with Crippen LogP contribution in [0.1, 0.15) is 30.1 Å². The normalized spacial score (nSPS) is 18.8. The summed E-state index contributed by atoms with van der Waals surface area (Å²) in [5, 5.41) is 16.9. The maximum absolute atomic E-state index is 11.2. The molecule has 0 spiro atoms. The first kappa shape index (κ1) is 12.8. The number of aromatic nitrogens is 2. The molecule has 1 N–H and O–H groups in total. The van der Waals surface area contributed by atoms with E-state index in [2.05, 4.69) is 10.2 Å². The molecule has 1 aromatic rings.